The third kappa shape index (κ3) is 4.66. The third-order valence-electron chi connectivity index (χ3n) is 5.58. The normalized spacial score (nSPS) is 13.9. The second-order valence-electron chi connectivity index (χ2n) is 8.67. The highest BCUT2D eigenvalue weighted by Crippen LogP contribution is 2.39. The van der Waals surface area contributed by atoms with Gasteiger partial charge in [0.15, 0.2) is 5.65 Å². The van der Waals surface area contributed by atoms with Gasteiger partial charge in [0.05, 0.1) is 28.3 Å². The molecule has 1 aliphatic carbocycles. The number of esters is 1. The molecule has 0 aliphatic heterocycles. The van der Waals surface area contributed by atoms with Crippen LogP contribution in [0.3, 0.4) is 0 Å². The summed E-state index contributed by atoms with van der Waals surface area (Å²) in [5.41, 5.74) is 0.747. The molecule has 0 saturated heterocycles. The predicted molar refractivity (Wildman–Crippen MR) is 122 cm³/mol. The Balaban J connectivity index is 1.66. The van der Waals surface area contributed by atoms with E-state index in [9.17, 15) is 22.8 Å². The van der Waals surface area contributed by atoms with Crippen molar-refractivity contribution in [1.82, 2.24) is 14.8 Å². The Morgan fingerprint density at radius 1 is 1.24 bits per heavy atom. The maximum Gasteiger partial charge on any atom is 0.417 e. The second-order valence-corrected chi connectivity index (χ2v) is 9.77. The van der Waals surface area contributed by atoms with Gasteiger partial charge in [0.2, 0.25) is 5.91 Å². The molecule has 1 amide bonds. The molecule has 0 fully saturated rings. The van der Waals surface area contributed by atoms with Crippen molar-refractivity contribution in [3.05, 3.63) is 39.0 Å². The van der Waals surface area contributed by atoms with Gasteiger partial charge in [-0.1, -0.05) is 0 Å². The number of fused-ring (bicyclic) bond motifs is 2. The van der Waals surface area contributed by atoms with Gasteiger partial charge in [0.25, 0.3) is 0 Å². The summed E-state index contributed by atoms with van der Waals surface area (Å²) in [5.74, 6) is -1.00. The molecule has 1 N–H and O–H groups in total. The second kappa shape index (κ2) is 9.01. The summed E-state index contributed by atoms with van der Waals surface area (Å²) in [7, 11) is 0. The number of ether oxygens (including phenoxy) is 1. The molecular formula is C23H25F3N4O3S. The molecule has 0 bridgehead atoms. The molecule has 3 heterocycles. The fourth-order valence-electron chi connectivity index (χ4n) is 4.26. The lowest BCUT2D eigenvalue weighted by Crippen LogP contribution is -2.22. The Labute approximate surface area is 198 Å². The number of nitrogens with one attached hydrogen (secondary N) is 1. The van der Waals surface area contributed by atoms with Crippen LogP contribution in [0.1, 0.15) is 64.4 Å². The first-order chi connectivity index (χ1) is 16.0. The molecule has 0 unspecified atom stereocenters. The highest BCUT2D eigenvalue weighted by Gasteiger charge is 2.35. The monoisotopic (exact) mass is 494 g/mol. The molecule has 3 aromatic heterocycles. The number of hydrogen-bond acceptors (Lipinski definition) is 6. The zero-order valence-electron chi connectivity index (χ0n) is 19.3. The van der Waals surface area contributed by atoms with E-state index < -0.39 is 23.6 Å². The molecule has 34 heavy (non-hydrogen) atoms. The van der Waals surface area contributed by atoms with Gasteiger partial charge in [0, 0.05) is 10.6 Å². The lowest BCUT2D eigenvalue weighted by Gasteiger charge is -2.14. The van der Waals surface area contributed by atoms with Gasteiger partial charge in [-0.25, -0.2) is 14.5 Å². The van der Waals surface area contributed by atoms with Crippen molar-refractivity contribution in [3.8, 4) is 0 Å². The van der Waals surface area contributed by atoms with Crippen LogP contribution in [0.5, 0.6) is 0 Å². The minimum atomic E-state index is -4.57. The van der Waals surface area contributed by atoms with Gasteiger partial charge < -0.3 is 10.1 Å². The van der Waals surface area contributed by atoms with Crippen LogP contribution < -0.4 is 5.32 Å². The molecule has 0 saturated carbocycles. The molecule has 0 aromatic carbocycles. The summed E-state index contributed by atoms with van der Waals surface area (Å²) in [6.45, 7) is 6.08. The number of rotatable bonds is 5. The summed E-state index contributed by atoms with van der Waals surface area (Å²) >= 11 is 1.35. The maximum atomic E-state index is 13.6. The first kappa shape index (κ1) is 24.2. The molecule has 0 spiro atoms. The van der Waals surface area contributed by atoms with E-state index in [4.69, 9.17) is 4.74 Å². The number of carbonyl (C=O) groups is 2. The van der Waals surface area contributed by atoms with Gasteiger partial charge >= 0.3 is 12.1 Å². The summed E-state index contributed by atoms with van der Waals surface area (Å²) < 4.78 is 47.3. The van der Waals surface area contributed by atoms with Crippen molar-refractivity contribution in [2.45, 2.75) is 72.2 Å². The number of nitrogens with zero attached hydrogens (tertiary/aromatic N) is 3. The molecule has 1 aliphatic rings. The van der Waals surface area contributed by atoms with Gasteiger partial charge in [-0.2, -0.15) is 18.3 Å². The predicted octanol–water partition coefficient (Wildman–Crippen LogP) is 5.21. The van der Waals surface area contributed by atoms with E-state index in [-0.39, 0.29) is 35.1 Å². The van der Waals surface area contributed by atoms with Crippen LogP contribution >= 0.6 is 11.3 Å². The molecule has 0 atom stereocenters. The first-order valence-corrected chi connectivity index (χ1v) is 11.8. The molecule has 0 radical (unpaired) electrons. The minimum absolute atomic E-state index is 0.00936. The van der Waals surface area contributed by atoms with E-state index in [0.717, 1.165) is 42.2 Å². The number of amides is 1. The standard InChI is InChI=1S/C23H25F3N4O3S/c1-11(2)33-22(32)19-14-7-5-6-8-16(14)34-21(19)28-17(31)10-30-20-18(13(4)29-30)15(23(24,25)26)9-12(3)27-20/h9,11H,5-8,10H2,1-4H3,(H,28,31). The lowest BCUT2D eigenvalue weighted by molar-refractivity contribution is -0.136. The lowest BCUT2D eigenvalue weighted by atomic mass is 9.95. The molecule has 182 valence electrons. The van der Waals surface area contributed by atoms with Crippen molar-refractivity contribution >= 4 is 39.2 Å². The van der Waals surface area contributed by atoms with Gasteiger partial charge in [-0.15, -0.1) is 11.3 Å². The van der Waals surface area contributed by atoms with E-state index in [1.807, 2.05) is 0 Å². The van der Waals surface area contributed by atoms with E-state index in [0.29, 0.717) is 10.6 Å². The average molecular weight is 495 g/mol. The summed E-state index contributed by atoms with van der Waals surface area (Å²) in [4.78, 5) is 31.0. The zero-order valence-corrected chi connectivity index (χ0v) is 20.1. The molecule has 7 nitrogen and oxygen atoms in total. The van der Waals surface area contributed by atoms with Crippen LogP contribution in [0.4, 0.5) is 18.2 Å². The van der Waals surface area contributed by atoms with Crippen molar-refractivity contribution in [3.63, 3.8) is 0 Å². The molecule has 4 rings (SSSR count). The molecular weight excluding hydrogens is 469 g/mol. The summed E-state index contributed by atoms with van der Waals surface area (Å²) in [5, 5.41) is 7.20. The highest BCUT2D eigenvalue weighted by molar-refractivity contribution is 7.17. The van der Waals surface area contributed by atoms with Crippen LogP contribution in [-0.2, 0) is 35.1 Å². The number of halogens is 3. The number of hydrogen-bond donors (Lipinski definition) is 1. The number of anilines is 1. The van der Waals surface area contributed by atoms with Crippen molar-refractivity contribution in [2.24, 2.45) is 0 Å². The number of aryl methyl sites for hydroxylation is 3. The van der Waals surface area contributed by atoms with Crippen molar-refractivity contribution in [2.75, 3.05) is 5.32 Å². The van der Waals surface area contributed by atoms with Crippen molar-refractivity contribution < 1.29 is 27.5 Å². The van der Waals surface area contributed by atoms with Gasteiger partial charge in [-0.3, -0.25) is 4.79 Å². The number of carbonyl (C=O) groups excluding carboxylic acids is 2. The molecule has 3 aromatic rings. The van der Waals surface area contributed by atoms with E-state index >= 15 is 0 Å². The Morgan fingerprint density at radius 3 is 2.62 bits per heavy atom. The zero-order chi connectivity index (χ0) is 24.8. The quantitative estimate of drug-likeness (QED) is 0.492. The highest BCUT2D eigenvalue weighted by atomic mass is 32.1. The Morgan fingerprint density at radius 2 is 1.94 bits per heavy atom. The smallest absolute Gasteiger partial charge is 0.417 e. The fourth-order valence-corrected chi connectivity index (χ4v) is 5.55. The number of pyridine rings is 1. The van der Waals surface area contributed by atoms with E-state index in [1.165, 1.54) is 29.9 Å². The topological polar surface area (TPSA) is 86.1 Å². The van der Waals surface area contributed by atoms with Crippen LogP contribution in [0.2, 0.25) is 0 Å². The third-order valence-corrected chi connectivity index (χ3v) is 6.78. The summed E-state index contributed by atoms with van der Waals surface area (Å²) in [6.07, 6.45) is -1.38. The Hall–Kier alpha value is -2.95. The van der Waals surface area contributed by atoms with Crippen molar-refractivity contribution in [1.29, 1.82) is 0 Å². The van der Waals surface area contributed by atoms with Gasteiger partial charge in [0.1, 0.15) is 11.5 Å². The van der Waals surface area contributed by atoms with E-state index in [1.54, 1.807) is 13.8 Å². The number of thiophene rings is 1. The number of alkyl halides is 3. The van der Waals surface area contributed by atoms with Crippen LogP contribution in [0.25, 0.3) is 11.0 Å². The van der Waals surface area contributed by atoms with Crippen LogP contribution in [0, 0.1) is 13.8 Å². The molecule has 11 heteroatoms. The largest absolute Gasteiger partial charge is 0.459 e. The number of aromatic nitrogens is 3. The fraction of sp³-hybridized carbons (Fsp3) is 0.478. The van der Waals surface area contributed by atoms with E-state index in [2.05, 4.69) is 15.4 Å². The maximum absolute atomic E-state index is 13.6. The summed E-state index contributed by atoms with van der Waals surface area (Å²) in [6, 6.07) is 0.976. The SMILES string of the molecule is Cc1cc(C(F)(F)F)c2c(C)nn(CC(=O)Nc3sc4c(c3C(=O)OC(C)C)CCCC4)c2n1. The minimum Gasteiger partial charge on any atom is -0.459 e. The first-order valence-electron chi connectivity index (χ1n) is 11.0. The van der Waals surface area contributed by atoms with Gasteiger partial charge in [-0.05, 0) is 65.0 Å². The average Bonchev–Trinajstić information content (AvgIpc) is 3.23. The van der Waals surface area contributed by atoms with Crippen LogP contribution in [-0.4, -0.2) is 32.7 Å². The Kier molecular flexibility index (Phi) is 6.41. The van der Waals surface area contributed by atoms with Crippen LogP contribution in [0.15, 0.2) is 6.07 Å². The Bertz CT molecular complexity index is 1280.